The summed E-state index contributed by atoms with van der Waals surface area (Å²) in [6.45, 7) is 6.76. The zero-order valence-electron chi connectivity index (χ0n) is 15.6. The van der Waals surface area contributed by atoms with Gasteiger partial charge in [0.05, 0.1) is 5.39 Å². The van der Waals surface area contributed by atoms with Crippen LogP contribution in [0.4, 0.5) is 0 Å². The highest BCUT2D eigenvalue weighted by Gasteiger charge is 2.17. The number of rotatable bonds is 6. The fraction of sp³-hybridized carbons (Fsp3) is 0.400. The number of thioether (sulfide) groups is 1. The van der Waals surface area contributed by atoms with E-state index in [2.05, 4.69) is 25.8 Å². The van der Waals surface area contributed by atoms with E-state index >= 15 is 0 Å². The van der Waals surface area contributed by atoms with Crippen molar-refractivity contribution in [3.8, 4) is 11.5 Å². The van der Waals surface area contributed by atoms with Crippen molar-refractivity contribution in [1.82, 2.24) is 9.97 Å². The summed E-state index contributed by atoms with van der Waals surface area (Å²) in [5.74, 6) is 2.81. The molecule has 0 fully saturated rings. The van der Waals surface area contributed by atoms with Crippen molar-refractivity contribution in [2.24, 2.45) is 5.92 Å². The van der Waals surface area contributed by atoms with Crippen molar-refractivity contribution in [3.05, 3.63) is 44.6 Å². The van der Waals surface area contributed by atoms with Crippen LogP contribution in [0.15, 0.2) is 28.2 Å². The lowest BCUT2D eigenvalue weighted by Gasteiger charge is -2.08. The van der Waals surface area contributed by atoms with Gasteiger partial charge in [0.2, 0.25) is 6.79 Å². The number of hydrogen-bond donors (Lipinski definition) is 1. The van der Waals surface area contributed by atoms with Crippen LogP contribution in [0.1, 0.15) is 36.3 Å². The second-order valence-electron chi connectivity index (χ2n) is 6.88. The van der Waals surface area contributed by atoms with Gasteiger partial charge >= 0.3 is 0 Å². The number of ether oxygens (including phenoxy) is 2. The summed E-state index contributed by atoms with van der Waals surface area (Å²) in [5.41, 5.74) is 2.23. The lowest BCUT2D eigenvalue weighted by molar-refractivity contribution is 0.174. The molecule has 142 valence electrons. The average molecular weight is 403 g/mol. The normalized spacial score (nSPS) is 14.0. The number of aromatic nitrogens is 2. The van der Waals surface area contributed by atoms with Gasteiger partial charge in [-0.3, -0.25) is 4.79 Å². The first kappa shape index (κ1) is 18.4. The molecule has 0 bridgehead atoms. The third kappa shape index (κ3) is 3.71. The molecule has 3 aromatic rings. The van der Waals surface area contributed by atoms with Gasteiger partial charge in [-0.15, -0.1) is 11.3 Å². The number of nitrogens with one attached hydrogen (secondary N) is 1. The first-order valence-electron chi connectivity index (χ1n) is 9.08. The van der Waals surface area contributed by atoms with Crippen LogP contribution in [0.25, 0.3) is 10.2 Å². The van der Waals surface area contributed by atoms with Gasteiger partial charge in [-0.05, 0) is 42.5 Å². The predicted molar refractivity (Wildman–Crippen MR) is 110 cm³/mol. The van der Waals surface area contributed by atoms with E-state index in [9.17, 15) is 4.79 Å². The molecule has 0 saturated heterocycles. The van der Waals surface area contributed by atoms with Crippen LogP contribution >= 0.6 is 23.1 Å². The monoisotopic (exact) mass is 402 g/mol. The predicted octanol–water partition coefficient (Wildman–Crippen LogP) is 4.90. The Labute approximate surface area is 166 Å². The molecule has 2 aromatic heterocycles. The average Bonchev–Trinajstić information content (AvgIpc) is 3.24. The van der Waals surface area contributed by atoms with Crippen LogP contribution in [0.3, 0.4) is 0 Å². The fourth-order valence-electron chi connectivity index (χ4n) is 3.14. The molecule has 0 spiro atoms. The van der Waals surface area contributed by atoms with E-state index in [0.29, 0.717) is 16.8 Å². The Morgan fingerprint density at radius 1 is 1.33 bits per heavy atom. The van der Waals surface area contributed by atoms with Gasteiger partial charge in [0.15, 0.2) is 16.7 Å². The number of nitrogens with zero attached hydrogens (tertiary/aromatic N) is 1. The van der Waals surface area contributed by atoms with E-state index in [4.69, 9.17) is 14.5 Å². The van der Waals surface area contributed by atoms with Crippen molar-refractivity contribution < 1.29 is 9.47 Å². The topological polar surface area (TPSA) is 64.2 Å². The van der Waals surface area contributed by atoms with Crippen LogP contribution in [0.2, 0.25) is 0 Å². The van der Waals surface area contributed by atoms with E-state index in [1.165, 1.54) is 16.6 Å². The van der Waals surface area contributed by atoms with Gasteiger partial charge in [-0.25, -0.2) is 4.98 Å². The Kier molecular flexibility index (Phi) is 5.14. The molecule has 1 aromatic carbocycles. The van der Waals surface area contributed by atoms with Crippen molar-refractivity contribution >= 4 is 33.3 Å². The molecule has 0 saturated carbocycles. The van der Waals surface area contributed by atoms with Gasteiger partial charge < -0.3 is 14.5 Å². The largest absolute Gasteiger partial charge is 0.454 e. The van der Waals surface area contributed by atoms with Crippen LogP contribution in [-0.4, -0.2) is 16.8 Å². The van der Waals surface area contributed by atoms with Crippen LogP contribution in [0, 0.1) is 12.8 Å². The minimum absolute atomic E-state index is 0.0316. The summed E-state index contributed by atoms with van der Waals surface area (Å²) in [5, 5.41) is 1.42. The summed E-state index contributed by atoms with van der Waals surface area (Å²) in [6, 6.07) is 5.91. The van der Waals surface area contributed by atoms with E-state index in [1.54, 1.807) is 11.3 Å². The molecule has 1 aliphatic heterocycles. The maximum absolute atomic E-state index is 12.7. The number of fused-ring (bicyclic) bond motifs is 2. The maximum Gasteiger partial charge on any atom is 0.260 e. The molecule has 0 unspecified atom stereocenters. The fourth-order valence-corrected chi connectivity index (χ4v) is 5.06. The molecule has 1 N–H and O–H groups in total. The molecule has 0 amide bonds. The first-order valence-corrected chi connectivity index (χ1v) is 10.9. The van der Waals surface area contributed by atoms with Crippen LogP contribution < -0.4 is 15.0 Å². The van der Waals surface area contributed by atoms with Gasteiger partial charge in [-0.2, -0.15) is 0 Å². The number of thiophene rings is 1. The van der Waals surface area contributed by atoms with E-state index in [-0.39, 0.29) is 12.4 Å². The summed E-state index contributed by atoms with van der Waals surface area (Å²) in [4.78, 5) is 22.4. The SMILES string of the molecule is CC[C@@H](C)Cc1c(C)sc2nc(SCc3ccc4c(c3)OCO4)[nH]c(=O)c12. The second kappa shape index (κ2) is 7.56. The highest BCUT2D eigenvalue weighted by atomic mass is 32.2. The third-order valence-corrected chi connectivity index (χ3v) is 6.89. The lowest BCUT2D eigenvalue weighted by atomic mass is 9.98. The molecule has 1 atom stereocenters. The highest BCUT2D eigenvalue weighted by molar-refractivity contribution is 7.98. The number of H-pyrrole nitrogens is 1. The second-order valence-corrected chi connectivity index (χ2v) is 9.05. The van der Waals surface area contributed by atoms with Crippen molar-refractivity contribution in [1.29, 1.82) is 0 Å². The van der Waals surface area contributed by atoms with Gasteiger partial charge in [0.25, 0.3) is 5.56 Å². The molecule has 5 nitrogen and oxygen atoms in total. The molecule has 0 aliphatic carbocycles. The molecule has 1 aliphatic rings. The lowest BCUT2D eigenvalue weighted by Crippen LogP contribution is -2.11. The van der Waals surface area contributed by atoms with Crippen LogP contribution in [0.5, 0.6) is 11.5 Å². The molecular formula is C20H22N2O3S2. The number of aryl methyl sites for hydroxylation is 1. The molecule has 7 heteroatoms. The van der Waals surface area contributed by atoms with E-state index in [0.717, 1.165) is 45.7 Å². The van der Waals surface area contributed by atoms with Crippen LogP contribution in [-0.2, 0) is 12.2 Å². The Balaban J connectivity index is 1.57. The summed E-state index contributed by atoms with van der Waals surface area (Å²) >= 11 is 3.14. The number of hydrogen-bond acceptors (Lipinski definition) is 6. The first-order chi connectivity index (χ1) is 13.0. The highest BCUT2D eigenvalue weighted by Crippen LogP contribution is 2.35. The number of benzene rings is 1. The molecular weight excluding hydrogens is 380 g/mol. The van der Waals surface area contributed by atoms with Gasteiger partial charge in [0, 0.05) is 10.6 Å². The Morgan fingerprint density at radius 2 is 2.15 bits per heavy atom. The summed E-state index contributed by atoms with van der Waals surface area (Å²) in [7, 11) is 0. The Hall–Kier alpha value is -1.99. The molecule has 27 heavy (non-hydrogen) atoms. The minimum atomic E-state index is -0.0316. The summed E-state index contributed by atoms with van der Waals surface area (Å²) < 4.78 is 10.8. The Morgan fingerprint density at radius 3 is 2.96 bits per heavy atom. The van der Waals surface area contributed by atoms with Crippen molar-refractivity contribution in [3.63, 3.8) is 0 Å². The van der Waals surface area contributed by atoms with E-state index in [1.807, 2.05) is 18.2 Å². The van der Waals surface area contributed by atoms with Crippen molar-refractivity contribution in [2.75, 3.05) is 6.79 Å². The molecule has 0 radical (unpaired) electrons. The molecule has 4 rings (SSSR count). The zero-order chi connectivity index (χ0) is 19.0. The molecule has 3 heterocycles. The minimum Gasteiger partial charge on any atom is -0.454 e. The third-order valence-electron chi connectivity index (χ3n) is 4.90. The van der Waals surface area contributed by atoms with Gasteiger partial charge in [-0.1, -0.05) is 38.1 Å². The van der Waals surface area contributed by atoms with E-state index < -0.39 is 0 Å². The maximum atomic E-state index is 12.7. The smallest absolute Gasteiger partial charge is 0.260 e. The quantitative estimate of drug-likeness (QED) is 0.469. The standard InChI is InChI=1S/C20H22N2O3S2/c1-4-11(2)7-14-12(3)27-19-17(14)18(23)21-20(22-19)26-9-13-5-6-15-16(8-13)25-10-24-15/h5-6,8,11H,4,7,9-10H2,1-3H3,(H,21,22,23)/t11-/m1/s1. The van der Waals surface area contributed by atoms with Gasteiger partial charge in [0.1, 0.15) is 4.83 Å². The van der Waals surface area contributed by atoms with Crippen molar-refractivity contribution in [2.45, 2.75) is 44.5 Å². The zero-order valence-corrected chi connectivity index (χ0v) is 17.3. The number of aromatic amines is 1. The summed E-state index contributed by atoms with van der Waals surface area (Å²) in [6.07, 6.45) is 2.03. The Bertz CT molecular complexity index is 1040.